The number of nitrogens with two attached hydrogens (primary N) is 1. The number of nitrogens with zero attached hydrogens (tertiary/aromatic N) is 2. The normalized spacial score (nSPS) is 12.4. The molecule has 0 radical (unpaired) electrons. The summed E-state index contributed by atoms with van der Waals surface area (Å²) in [6.45, 7) is 3.17. The minimum Gasteiger partial charge on any atom is -0.383 e. The van der Waals surface area contributed by atoms with E-state index in [0.29, 0.717) is 19.0 Å². The lowest BCUT2D eigenvalue weighted by Gasteiger charge is -2.17. The molecule has 3 N–H and O–H groups in total. The summed E-state index contributed by atoms with van der Waals surface area (Å²) in [5, 5.41) is 3.20. The molecule has 1 aromatic heterocycles. The minimum absolute atomic E-state index is 0.0131. The number of ether oxygens (including phenoxy) is 2. The van der Waals surface area contributed by atoms with E-state index < -0.39 is 0 Å². The van der Waals surface area contributed by atoms with Crippen LogP contribution in [-0.2, 0) is 15.9 Å². The number of hydrogen-bond acceptors (Lipinski definition) is 6. The summed E-state index contributed by atoms with van der Waals surface area (Å²) in [7, 11) is 3.30. The van der Waals surface area contributed by atoms with Crippen LogP contribution in [0.3, 0.4) is 0 Å². The van der Waals surface area contributed by atoms with Crippen molar-refractivity contribution in [2.45, 2.75) is 19.4 Å². The van der Waals surface area contributed by atoms with Gasteiger partial charge < -0.3 is 20.5 Å². The molecule has 0 amide bonds. The molecule has 1 unspecified atom stereocenters. The molecule has 1 aromatic rings. The maximum absolute atomic E-state index is 5.78. The maximum atomic E-state index is 5.78. The van der Waals surface area contributed by atoms with Crippen LogP contribution in [0.25, 0.3) is 0 Å². The molecule has 6 heteroatoms. The second-order valence-corrected chi connectivity index (χ2v) is 3.63. The van der Waals surface area contributed by atoms with Crippen LogP contribution in [0.5, 0.6) is 0 Å². The lowest BCUT2D eigenvalue weighted by atomic mass is 10.2. The highest BCUT2D eigenvalue weighted by molar-refractivity contribution is 5.54. The third kappa shape index (κ3) is 3.83. The molecule has 17 heavy (non-hydrogen) atoms. The number of rotatable bonds is 7. The largest absolute Gasteiger partial charge is 0.383 e. The van der Waals surface area contributed by atoms with Gasteiger partial charge in [0.15, 0.2) is 0 Å². The van der Waals surface area contributed by atoms with E-state index in [-0.39, 0.29) is 6.10 Å². The van der Waals surface area contributed by atoms with Crippen LogP contribution in [0.1, 0.15) is 12.5 Å². The molecule has 96 valence electrons. The van der Waals surface area contributed by atoms with E-state index in [1.165, 1.54) is 6.33 Å². The molecule has 0 fully saturated rings. The number of hydrogen-bond donors (Lipinski definition) is 2. The molecule has 1 heterocycles. The summed E-state index contributed by atoms with van der Waals surface area (Å²) in [6.07, 6.45) is 2.23. The van der Waals surface area contributed by atoms with E-state index in [9.17, 15) is 0 Å². The Morgan fingerprint density at radius 1 is 1.41 bits per heavy atom. The third-order valence-electron chi connectivity index (χ3n) is 2.52. The molecule has 0 spiro atoms. The van der Waals surface area contributed by atoms with Crippen LogP contribution < -0.4 is 11.1 Å². The molecular formula is C11H20N4O2. The van der Waals surface area contributed by atoms with Crippen LogP contribution >= 0.6 is 0 Å². The molecule has 0 aliphatic heterocycles. The lowest BCUT2D eigenvalue weighted by molar-refractivity contribution is 0.0365. The molecule has 0 aromatic carbocycles. The van der Waals surface area contributed by atoms with Gasteiger partial charge in [-0.25, -0.2) is 9.97 Å². The predicted octanol–water partition coefficient (Wildman–Crippen LogP) is 0.694. The Morgan fingerprint density at radius 2 is 2.18 bits per heavy atom. The molecule has 1 rings (SSSR count). The molecule has 6 nitrogen and oxygen atoms in total. The van der Waals surface area contributed by atoms with Crippen LogP contribution in [-0.4, -0.2) is 43.4 Å². The zero-order valence-corrected chi connectivity index (χ0v) is 10.6. The van der Waals surface area contributed by atoms with Gasteiger partial charge in [0, 0.05) is 26.3 Å². The lowest BCUT2D eigenvalue weighted by Crippen LogP contribution is -2.27. The van der Waals surface area contributed by atoms with Crippen molar-refractivity contribution >= 4 is 11.6 Å². The van der Waals surface area contributed by atoms with Crippen LogP contribution in [0.2, 0.25) is 0 Å². The fourth-order valence-corrected chi connectivity index (χ4v) is 1.53. The Morgan fingerprint density at radius 3 is 2.76 bits per heavy atom. The van der Waals surface area contributed by atoms with Crippen molar-refractivity contribution in [2.24, 2.45) is 0 Å². The van der Waals surface area contributed by atoms with E-state index >= 15 is 0 Å². The molecule has 0 aliphatic rings. The van der Waals surface area contributed by atoms with Crippen molar-refractivity contribution in [3.8, 4) is 0 Å². The quantitative estimate of drug-likeness (QED) is 0.730. The standard InChI is InChI=1S/C11H20N4O2/c1-4-9-10(12)14-7-15-11(9)13-5-8(17-3)6-16-2/h7-8H,4-6H2,1-3H3,(H3,12,13,14,15). The van der Waals surface area contributed by atoms with Crippen molar-refractivity contribution in [1.29, 1.82) is 0 Å². The molecule has 0 saturated carbocycles. The molecular weight excluding hydrogens is 220 g/mol. The van der Waals surface area contributed by atoms with Crippen molar-refractivity contribution in [3.05, 3.63) is 11.9 Å². The average molecular weight is 240 g/mol. The topological polar surface area (TPSA) is 82.3 Å². The first-order valence-corrected chi connectivity index (χ1v) is 5.57. The summed E-state index contributed by atoms with van der Waals surface area (Å²) in [4.78, 5) is 8.14. The van der Waals surface area contributed by atoms with E-state index in [4.69, 9.17) is 15.2 Å². The Hall–Kier alpha value is -1.40. The predicted molar refractivity (Wildman–Crippen MR) is 67.0 cm³/mol. The van der Waals surface area contributed by atoms with Gasteiger partial charge in [-0.3, -0.25) is 0 Å². The van der Waals surface area contributed by atoms with Crippen molar-refractivity contribution in [2.75, 3.05) is 38.4 Å². The smallest absolute Gasteiger partial charge is 0.134 e. The zero-order valence-electron chi connectivity index (χ0n) is 10.6. The van der Waals surface area contributed by atoms with Crippen molar-refractivity contribution in [3.63, 3.8) is 0 Å². The van der Waals surface area contributed by atoms with Gasteiger partial charge in [-0.15, -0.1) is 0 Å². The van der Waals surface area contributed by atoms with Crippen LogP contribution in [0.15, 0.2) is 6.33 Å². The van der Waals surface area contributed by atoms with Crippen molar-refractivity contribution < 1.29 is 9.47 Å². The average Bonchev–Trinajstić information content (AvgIpc) is 2.34. The van der Waals surface area contributed by atoms with E-state index in [1.54, 1.807) is 14.2 Å². The molecule has 0 saturated heterocycles. The first-order chi connectivity index (χ1) is 8.22. The first-order valence-electron chi connectivity index (χ1n) is 5.57. The highest BCUT2D eigenvalue weighted by atomic mass is 16.5. The number of nitrogen functional groups attached to an aromatic ring is 1. The van der Waals surface area contributed by atoms with Gasteiger partial charge in [-0.1, -0.05) is 6.92 Å². The molecule has 1 atom stereocenters. The summed E-state index contributed by atoms with van der Waals surface area (Å²) >= 11 is 0. The Kier molecular flexibility index (Phi) is 5.65. The summed E-state index contributed by atoms with van der Waals surface area (Å²) in [5.41, 5.74) is 6.71. The summed E-state index contributed by atoms with van der Waals surface area (Å²) in [5.74, 6) is 1.28. The fraction of sp³-hybridized carbons (Fsp3) is 0.636. The van der Waals surface area contributed by atoms with Gasteiger partial charge >= 0.3 is 0 Å². The number of aromatic nitrogens is 2. The van der Waals surface area contributed by atoms with Crippen LogP contribution in [0.4, 0.5) is 11.6 Å². The SMILES string of the molecule is CCc1c(N)ncnc1NCC(COC)OC. The van der Waals surface area contributed by atoms with Crippen molar-refractivity contribution in [1.82, 2.24) is 9.97 Å². The number of nitrogens with one attached hydrogen (secondary N) is 1. The first kappa shape index (κ1) is 13.7. The van der Waals surface area contributed by atoms with E-state index in [2.05, 4.69) is 15.3 Å². The second kappa shape index (κ2) is 7.03. The minimum atomic E-state index is -0.0131. The fourth-order valence-electron chi connectivity index (χ4n) is 1.53. The summed E-state index contributed by atoms with van der Waals surface area (Å²) in [6, 6.07) is 0. The highest BCUT2D eigenvalue weighted by Gasteiger charge is 2.10. The van der Waals surface area contributed by atoms with Gasteiger partial charge in [0.2, 0.25) is 0 Å². The molecule has 0 bridgehead atoms. The highest BCUT2D eigenvalue weighted by Crippen LogP contribution is 2.17. The van der Waals surface area contributed by atoms with Gasteiger partial charge in [0.25, 0.3) is 0 Å². The van der Waals surface area contributed by atoms with E-state index in [1.807, 2.05) is 6.92 Å². The zero-order chi connectivity index (χ0) is 12.7. The Labute approximate surface area is 102 Å². The van der Waals surface area contributed by atoms with Gasteiger partial charge in [0.1, 0.15) is 18.0 Å². The van der Waals surface area contributed by atoms with Gasteiger partial charge in [0.05, 0.1) is 12.7 Å². The third-order valence-corrected chi connectivity index (χ3v) is 2.52. The summed E-state index contributed by atoms with van der Waals surface area (Å²) < 4.78 is 10.3. The molecule has 0 aliphatic carbocycles. The number of methoxy groups -OCH3 is 2. The second-order valence-electron chi connectivity index (χ2n) is 3.63. The Balaban J connectivity index is 2.65. The number of anilines is 2. The van der Waals surface area contributed by atoms with Gasteiger partial charge in [-0.2, -0.15) is 0 Å². The van der Waals surface area contributed by atoms with E-state index in [0.717, 1.165) is 17.8 Å². The Bertz CT molecular complexity index is 346. The van der Waals surface area contributed by atoms with Gasteiger partial charge in [-0.05, 0) is 6.42 Å². The monoisotopic (exact) mass is 240 g/mol. The maximum Gasteiger partial charge on any atom is 0.134 e. The van der Waals surface area contributed by atoms with Crippen LogP contribution in [0, 0.1) is 0 Å².